The first-order valence-electron chi connectivity index (χ1n) is 12.9. The highest BCUT2D eigenvalue weighted by atomic mass is 16.6. The largest absolute Gasteiger partial charge is 0.497 e. The van der Waals surface area contributed by atoms with Gasteiger partial charge in [0.1, 0.15) is 12.4 Å². The summed E-state index contributed by atoms with van der Waals surface area (Å²) in [5.74, 6) is 2.02. The molecular weight excluding hydrogens is 450 g/mol. The molecule has 36 heavy (non-hydrogen) atoms. The van der Waals surface area contributed by atoms with Gasteiger partial charge in [0.25, 0.3) is 5.91 Å². The van der Waals surface area contributed by atoms with E-state index in [0.29, 0.717) is 29.7 Å². The van der Waals surface area contributed by atoms with Gasteiger partial charge in [0, 0.05) is 30.9 Å². The summed E-state index contributed by atoms with van der Waals surface area (Å²) in [5.41, 5.74) is 3.30. The summed E-state index contributed by atoms with van der Waals surface area (Å²) in [6.45, 7) is 14.6. The number of amides is 1. The SMILES string of the molecule is COc1ccc(N2C(=O)C(=CC(C)=NOCCCN(CC(C)C)CC(C)C)C2c2ccccc2)cc1. The summed E-state index contributed by atoms with van der Waals surface area (Å²) < 4.78 is 5.27. The van der Waals surface area contributed by atoms with Crippen LogP contribution in [0.5, 0.6) is 5.75 Å². The van der Waals surface area contributed by atoms with Crippen LogP contribution in [0.15, 0.2) is 71.4 Å². The Bertz CT molecular complexity index is 1020. The average molecular weight is 492 g/mol. The van der Waals surface area contributed by atoms with Gasteiger partial charge >= 0.3 is 0 Å². The van der Waals surface area contributed by atoms with Gasteiger partial charge in [-0.3, -0.25) is 9.69 Å². The fourth-order valence-corrected chi connectivity index (χ4v) is 4.60. The van der Waals surface area contributed by atoms with E-state index in [1.165, 1.54) is 0 Å². The predicted octanol–water partition coefficient (Wildman–Crippen LogP) is 6.11. The molecule has 1 aliphatic rings. The monoisotopic (exact) mass is 491 g/mol. The third-order valence-electron chi connectivity index (χ3n) is 6.01. The Morgan fingerprint density at radius 3 is 2.25 bits per heavy atom. The number of hydrogen-bond donors (Lipinski definition) is 0. The Kier molecular flexibility index (Phi) is 10.1. The number of hydrogen-bond acceptors (Lipinski definition) is 5. The molecule has 0 spiro atoms. The van der Waals surface area contributed by atoms with Gasteiger partial charge in [0.15, 0.2) is 0 Å². The highest BCUT2D eigenvalue weighted by Crippen LogP contribution is 2.43. The molecule has 0 radical (unpaired) electrons. The first-order valence-corrected chi connectivity index (χ1v) is 12.9. The smallest absolute Gasteiger partial charge is 0.257 e. The topological polar surface area (TPSA) is 54.4 Å². The predicted molar refractivity (Wildman–Crippen MR) is 148 cm³/mol. The normalized spacial score (nSPS) is 17.3. The molecule has 2 aromatic carbocycles. The van der Waals surface area contributed by atoms with E-state index in [-0.39, 0.29) is 11.9 Å². The Labute approximate surface area is 216 Å². The molecule has 194 valence electrons. The molecule has 0 bridgehead atoms. The lowest BCUT2D eigenvalue weighted by atomic mass is 9.86. The number of methoxy groups -OCH3 is 1. The van der Waals surface area contributed by atoms with Gasteiger partial charge in [0.05, 0.1) is 18.9 Å². The third kappa shape index (κ3) is 7.44. The van der Waals surface area contributed by atoms with Crippen LogP contribution in [0.1, 0.15) is 52.6 Å². The van der Waals surface area contributed by atoms with Gasteiger partial charge in [-0.15, -0.1) is 0 Å². The van der Waals surface area contributed by atoms with Gasteiger partial charge in [-0.2, -0.15) is 0 Å². The summed E-state index contributed by atoms with van der Waals surface area (Å²) in [6, 6.07) is 17.5. The number of ether oxygens (including phenoxy) is 1. The lowest BCUT2D eigenvalue weighted by Gasteiger charge is -2.43. The molecule has 1 saturated heterocycles. The Morgan fingerprint density at radius 2 is 1.67 bits per heavy atom. The lowest BCUT2D eigenvalue weighted by molar-refractivity contribution is -0.119. The maximum Gasteiger partial charge on any atom is 0.257 e. The van der Waals surface area contributed by atoms with E-state index in [2.05, 4.69) is 37.8 Å². The zero-order valence-electron chi connectivity index (χ0n) is 22.6. The standard InChI is InChI=1S/C30H41N3O3/c1-22(2)20-32(21-23(3)4)17-10-18-36-31-24(5)19-28-29(25-11-8-7-9-12-25)33(30(28)34)26-13-15-27(35-6)16-14-26/h7-9,11-16,19,22-23,29H,10,17-18,20-21H2,1-6H3. The van der Waals surface area contributed by atoms with Gasteiger partial charge in [-0.1, -0.05) is 63.2 Å². The molecule has 1 unspecified atom stereocenters. The third-order valence-corrected chi connectivity index (χ3v) is 6.01. The summed E-state index contributed by atoms with van der Waals surface area (Å²) in [7, 11) is 1.63. The van der Waals surface area contributed by atoms with Crippen LogP contribution in [0.2, 0.25) is 0 Å². The Hall–Kier alpha value is -3.12. The number of anilines is 1. The molecule has 0 saturated carbocycles. The molecular formula is C30H41N3O3. The highest BCUT2D eigenvalue weighted by Gasteiger charge is 2.43. The molecule has 1 atom stereocenters. The van der Waals surface area contributed by atoms with Crippen LogP contribution in [-0.2, 0) is 9.63 Å². The second-order valence-electron chi connectivity index (χ2n) is 10.3. The average Bonchev–Trinajstić information content (AvgIpc) is 2.85. The zero-order valence-corrected chi connectivity index (χ0v) is 22.6. The van der Waals surface area contributed by atoms with E-state index >= 15 is 0 Å². The molecule has 1 amide bonds. The number of nitrogens with zero attached hydrogens (tertiary/aromatic N) is 3. The number of carbonyl (C=O) groups is 1. The van der Waals surface area contributed by atoms with Crippen LogP contribution in [0, 0.1) is 11.8 Å². The molecule has 3 rings (SSSR count). The van der Waals surface area contributed by atoms with Crippen molar-refractivity contribution in [1.82, 2.24) is 4.90 Å². The molecule has 1 fully saturated rings. The van der Waals surface area contributed by atoms with E-state index < -0.39 is 0 Å². The van der Waals surface area contributed by atoms with Crippen LogP contribution in [0.25, 0.3) is 0 Å². The fraction of sp³-hybridized carbons (Fsp3) is 0.467. The van der Waals surface area contributed by atoms with Crippen molar-refractivity contribution >= 4 is 17.3 Å². The Balaban J connectivity index is 1.65. The van der Waals surface area contributed by atoms with Gasteiger partial charge in [-0.05, 0) is 61.1 Å². The molecule has 1 heterocycles. The van der Waals surface area contributed by atoms with Crippen molar-refractivity contribution in [2.24, 2.45) is 17.0 Å². The molecule has 2 aromatic rings. The van der Waals surface area contributed by atoms with Crippen molar-refractivity contribution in [2.75, 3.05) is 38.3 Å². The van der Waals surface area contributed by atoms with E-state index in [1.54, 1.807) is 7.11 Å². The van der Waals surface area contributed by atoms with Crippen molar-refractivity contribution in [3.8, 4) is 5.75 Å². The minimum atomic E-state index is -0.169. The summed E-state index contributed by atoms with van der Waals surface area (Å²) >= 11 is 0. The van der Waals surface area contributed by atoms with Crippen molar-refractivity contribution in [3.63, 3.8) is 0 Å². The maximum absolute atomic E-state index is 13.2. The summed E-state index contributed by atoms with van der Waals surface area (Å²) in [5, 5.41) is 4.28. The van der Waals surface area contributed by atoms with Gasteiger partial charge < -0.3 is 14.5 Å². The van der Waals surface area contributed by atoms with Crippen molar-refractivity contribution in [2.45, 2.75) is 47.1 Å². The molecule has 0 aliphatic carbocycles. The second-order valence-corrected chi connectivity index (χ2v) is 10.3. The number of β-lactam (4-membered cyclic amide) rings is 1. The number of rotatable bonds is 13. The number of benzene rings is 2. The molecule has 0 N–H and O–H groups in total. The van der Waals surface area contributed by atoms with Gasteiger partial charge in [-0.25, -0.2) is 0 Å². The number of carbonyl (C=O) groups excluding carboxylic acids is 1. The molecule has 6 nitrogen and oxygen atoms in total. The van der Waals surface area contributed by atoms with Crippen LogP contribution in [-0.4, -0.2) is 49.9 Å². The van der Waals surface area contributed by atoms with E-state index in [1.807, 2.05) is 72.5 Å². The van der Waals surface area contributed by atoms with Crippen molar-refractivity contribution in [1.29, 1.82) is 0 Å². The first kappa shape index (κ1) is 27.5. The van der Waals surface area contributed by atoms with E-state index in [0.717, 1.165) is 43.1 Å². The van der Waals surface area contributed by atoms with Crippen LogP contribution in [0.4, 0.5) is 5.69 Å². The lowest BCUT2D eigenvalue weighted by Crippen LogP contribution is -2.49. The van der Waals surface area contributed by atoms with Crippen LogP contribution >= 0.6 is 0 Å². The Morgan fingerprint density at radius 1 is 1.03 bits per heavy atom. The first-order chi connectivity index (χ1) is 17.3. The van der Waals surface area contributed by atoms with E-state index in [4.69, 9.17) is 9.57 Å². The molecule has 1 aliphatic heterocycles. The van der Waals surface area contributed by atoms with Crippen molar-refractivity contribution < 1.29 is 14.4 Å². The van der Waals surface area contributed by atoms with Crippen LogP contribution in [0.3, 0.4) is 0 Å². The molecule has 0 aromatic heterocycles. The van der Waals surface area contributed by atoms with Gasteiger partial charge in [0.2, 0.25) is 0 Å². The number of oxime groups is 1. The summed E-state index contributed by atoms with van der Waals surface area (Å²) in [6.07, 6.45) is 2.77. The van der Waals surface area contributed by atoms with Crippen LogP contribution < -0.4 is 9.64 Å². The zero-order chi connectivity index (χ0) is 26.1. The van der Waals surface area contributed by atoms with Crippen molar-refractivity contribution in [3.05, 3.63) is 71.8 Å². The number of allylic oxidation sites excluding steroid dienone is 1. The van der Waals surface area contributed by atoms with E-state index in [9.17, 15) is 4.79 Å². The quantitative estimate of drug-likeness (QED) is 0.112. The summed E-state index contributed by atoms with van der Waals surface area (Å²) in [4.78, 5) is 23.1. The minimum Gasteiger partial charge on any atom is -0.497 e. The fourth-order valence-electron chi connectivity index (χ4n) is 4.60. The molecule has 6 heteroatoms. The second kappa shape index (κ2) is 13.3. The highest BCUT2D eigenvalue weighted by molar-refractivity contribution is 6.18. The maximum atomic E-state index is 13.2. The minimum absolute atomic E-state index is 0.0263.